The molecule has 0 aliphatic heterocycles. The van der Waals surface area contributed by atoms with Gasteiger partial charge in [-0.05, 0) is 37.6 Å². The van der Waals surface area contributed by atoms with Crippen molar-refractivity contribution in [2.24, 2.45) is 0 Å². The molecule has 0 atom stereocenters. The number of aromatic nitrogens is 1. The molecular formula is C17H17N3O2S. The number of rotatable bonds is 3. The number of benzene rings is 2. The zero-order valence-corrected chi connectivity index (χ0v) is 14.0. The van der Waals surface area contributed by atoms with Gasteiger partial charge in [0.15, 0.2) is 5.13 Å². The van der Waals surface area contributed by atoms with E-state index in [0.717, 1.165) is 27.0 Å². The van der Waals surface area contributed by atoms with E-state index in [0.29, 0.717) is 10.9 Å². The maximum Gasteiger partial charge on any atom is 0.325 e. The third kappa shape index (κ3) is 3.27. The zero-order chi connectivity index (χ0) is 16.4. The third-order valence-electron chi connectivity index (χ3n) is 3.45. The summed E-state index contributed by atoms with van der Waals surface area (Å²) in [6.07, 6.45) is 0. The van der Waals surface area contributed by atoms with Crippen molar-refractivity contribution < 1.29 is 9.53 Å². The summed E-state index contributed by atoms with van der Waals surface area (Å²) in [7, 11) is 1.61. The molecule has 3 rings (SSSR count). The van der Waals surface area contributed by atoms with Crippen molar-refractivity contribution in [1.82, 2.24) is 4.98 Å². The molecule has 0 unspecified atom stereocenters. The molecule has 2 amide bonds. The van der Waals surface area contributed by atoms with E-state index in [-0.39, 0.29) is 6.03 Å². The Morgan fingerprint density at radius 2 is 1.83 bits per heavy atom. The highest BCUT2D eigenvalue weighted by Crippen LogP contribution is 2.34. The number of hydrogen-bond acceptors (Lipinski definition) is 4. The monoisotopic (exact) mass is 327 g/mol. The number of thiazole rings is 1. The minimum absolute atomic E-state index is 0.315. The average Bonchev–Trinajstić information content (AvgIpc) is 2.94. The van der Waals surface area contributed by atoms with Crippen LogP contribution in [0.15, 0.2) is 36.4 Å². The lowest BCUT2D eigenvalue weighted by molar-refractivity contribution is 0.262. The molecule has 0 spiro atoms. The fourth-order valence-electron chi connectivity index (χ4n) is 2.22. The molecule has 1 heterocycles. The van der Waals surface area contributed by atoms with Crippen molar-refractivity contribution in [1.29, 1.82) is 0 Å². The molecule has 0 aliphatic rings. The number of hydrogen-bond donors (Lipinski definition) is 2. The van der Waals surface area contributed by atoms with Crippen LogP contribution < -0.4 is 15.4 Å². The highest BCUT2D eigenvalue weighted by molar-refractivity contribution is 7.22. The number of nitrogens with one attached hydrogen (secondary N) is 2. The molecule has 118 valence electrons. The number of carbonyl (C=O) groups excluding carboxylic acids is 1. The van der Waals surface area contributed by atoms with Crippen molar-refractivity contribution >= 4 is 38.4 Å². The number of nitrogens with zero attached hydrogens (tertiary/aromatic N) is 1. The number of anilines is 2. The first-order valence-electron chi connectivity index (χ1n) is 7.15. The van der Waals surface area contributed by atoms with E-state index in [1.807, 2.05) is 50.2 Å². The lowest BCUT2D eigenvalue weighted by Gasteiger charge is -2.05. The second-order valence-corrected chi connectivity index (χ2v) is 6.23. The van der Waals surface area contributed by atoms with E-state index < -0.39 is 0 Å². The first-order valence-corrected chi connectivity index (χ1v) is 7.97. The smallest absolute Gasteiger partial charge is 0.325 e. The number of methoxy groups -OCH3 is 1. The van der Waals surface area contributed by atoms with Crippen LogP contribution in [0.5, 0.6) is 5.75 Å². The van der Waals surface area contributed by atoms with Gasteiger partial charge in [-0.25, -0.2) is 9.78 Å². The molecule has 0 radical (unpaired) electrons. The van der Waals surface area contributed by atoms with E-state index in [4.69, 9.17) is 4.74 Å². The lowest BCUT2D eigenvalue weighted by Crippen LogP contribution is -2.19. The van der Waals surface area contributed by atoms with Crippen molar-refractivity contribution in [3.8, 4) is 5.75 Å². The van der Waals surface area contributed by atoms with Gasteiger partial charge >= 0.3 is 6.03 Å². The Balaban J connectivity index is 1.79. The Morgan fingerprint density at radius 1 is 1.09 bits per heavy atom. The van der Waals surface area contributed by atoms with Gasteiger partial charge in [0.2, 0.25) is 0 Å². The minimum atomic E-state index is -0.315. The van der Waals surface area contributed by atoms with Gasteiger partial charge in [0, 0.05) is 5.69 Å². The normalized spacial score (nSPS) is 10.6. The Kier molecular flexibility index (Phi) is 4.16. The molecule has 6 heteroatoms. The van der Waals surface area contributed by atoms with Crippen LogP contribution in [0.1, 0.15) is 11.1 Å². The molecule has 2 N–H and O–H groups in total. The number of ether oxygens (including phenoxy) is 1. The standard InChI is InChI=1S/C17H17N3O2S/c1-10-4-7-12(8-5-10)18-16(21)20-17-19-14-13(22-3)9-6-11(2)15(14)23-17/h4-9H,1-3H3,(H2,18,19,20,21). The van der Waals surface area contributed by atoms with E-state index in [2.05, 4.69) is 15.6 Å². The summed E-state index contributed by atoms with van der Waals surface area (Å²) < 4.78 is 6.33. The van der Waals surface area contributed by atoms with E-state index >= 15 is 0 Å². The summed E-state index contributed by atoms with van der Waals surface area (Å²) in [6.45, 7) is 4.01. The predicted molar refractivity (Wildman–Crippen MR) is 94.7 cm³/mol. The summed E-state index contributed by atoms with van der Waals surface area (Å²) in [5.41, 5.74) is 3.75. The molecule has 2 aromatic carbocycles. The van der Waals surface area contributed by atoms with Crippen LogP contribution in [-0.4, -0.2) is 18.1 Å². The molecule has 0 saturated heterocycles. The van der Waals surface area contributed by atoms with Crippen LogP contribution in [0.2, 0.25) is 0 Å². The molecule has 0 bridgehead atoms. The van der Waals surface area contributed by atoms with Crippen molar-refractivity contribution in [3.63, 3.8) is 0 Å². The number of urea groups is 1. The summed E-state index contributed by atoms with van der Waals surface area (Å²) in [4.78, 5) is 16.6. The van der Waals surface area contributed by atoms with Crippen LogP contribution >= 0.6 is 11.3 Å². The Hall–Kier alpha value is -2.60. The Bertz CT molecular complexity index is 856. The molecule has 1 aromatic heterocycles. The average molecular weight is 327 g/mol. The van der Waals surface area contributed by atoms with Gasteiger partial charge in [-0.2, -0.15) is 0 Å². The number of fused-ring (bicyclic) bond motifs is 1. The highest BCUT2D eigenvalue weighted by atomic mass is 32.1. The van der Waals surface area contributed by atoms with Crippen molar-refractivity contribution in [3.05, 3.63) is 47.5 Å². The first kappa shape index (κ1) is 15.3. The number of aryl methyl sites for hydroxylation is 2. The topological polar surface area (TPSA) is 63.2 Å². The van der Waals surface area contributed by atoms with Gasteiger partial charge in [0.05, 0.1) is 11.8 Å². The van der Waals surface area contributed by atoms with Gasteiger partial charge in [0.1, 0.15) is 11.3 Å². The molecule has 0 fully saturated rings. The zero-order valence-electron chi connectivity index (χ0n) is 13.1. The van der Waals surface area contributed by atoms with Gasteiger partial charge in [0.25, 0.3) is 0 Å². The van der Waals surface area contributed by atoms with E-state index in [1.165, 1.54) is 11.3 Å². The molecular weight excluding hydrogens is 310 g/mol. The maximum absolute atomic E-state index is 12.1. The van der Waals surface area contributed by atoms with Crippen molar-refractivity contribution in [2.75, 3.05) is 17.7 Å². The molecule has 0 aliphatic carbocycles. The summed E-state index contributed by atoms with van der Waals surface area (Å²) >= 11 is 1.43. The molecule has 0 saturated carbocycles. The van der Waals surface area contributed by atoms with E-state index in [9.17, 15) is 4.79 Å². The highest BCUT2D eigenvalue weighted by Gasteiger charge is 2.13. The second kappa shape index (κ2) is 6.26. The van der Waals surface area contributed by atoms with Crippen LogP contribution in [-0.2, 0) is 0 Å². The van der Waals surface area contributed by atoms with Gasteiger partial charge < -0.3 is 10.1 Å². The third-order valence-corrected chi connectivity index (χ3v) is 4.56. The number of amides is 2. The van der Waals surface area contributed by atoms with Gasteiger partial charge in [-0.3, -0.25) is 5.32 Å². The summed E-state index contributed by atoms with van der Waals surface area (Å²) in [6, 6.07) is 11.2. The molecule has 3 aromatic rings. The predicted octanol–water partition coefficient (Wildman–Crippen LogP) is 4.57. The Morgan fingerprint density at radius 3 is 2.52 bits per heavy atom. The van der Waals surface area contributed by atoms with Crippen LogP contribution in [0.25, 0.3) is 10.2 Å². The Labute approximate surface area is 138 Å². The molecule has 5 nitrogen and oxygen atoms in total. The SMILES string of the molecule is COc1ccc(C)c2sc(NC(=O)Nc3ccc(C)cc3)nc12. The van der Waals surface area contributed by atoms with E-state index in [1.54, 1.807) is 7.11 Å². The largest absolute Gasteiger partial charge is 0.494 e. The quantitative estimate of drug-likeness (QED) is 0.741. The lowest BCUT2D eigenvalue weighted by atomic mass is 10.2. The van der Waals surface area contributed by atoms with Gasteiger partial charge in [-0.15, -0.1) is 0 Å². The van der Waals surface area contributed by atoms with Crippen LogP contribution in [0.4, 0.5) is 15.6 Å². The fraction of sp³-hybridized carbons (Fsp3) is 0.176. The van der Waals surface area contributed by atoms with Gasteiger partial charge in [-0.1, -0.05) is 35.1 Å². The summed E-state index contributed by atoms with van der Waals surface area (Å²) in [5, 5.41) is 6.10. The van der Waals surface area contributed by atoms with Crippen LogP contribution in [0.3, 0.4) is 0 Å². The minimum Gasteiger partial charge on any atom is -0.494 e. The second-order valence-electron chi connectivity index (χ2n) is 5.23. The maximum atomic E-state index is 12.1. The van der Waals surface area contributed by atoms with Crippen molar-refractivity contribution in [2.45, 2.75) is 13.8 Å². The van der Waals surface area contributed by atoms with Crippen LogP contribution in [0, 0.1) is 13.8 Å². The first-order chi connectivity index (χ1) is 11.1. The fourth-order valence-corrected chi connectivity index (χ4v) is 3.17. The molecule has 23 heavy (non-hydrogen) atoms. The summed E-state index contributed by atoms with van der Waals surface area (Å²) in [5.74, 6) is 0.703. The number of carbonyl (C=O) groups is 1.